The van der Waals surface area contributed by atoms with Gasteiger partial charge in [-0.25, -0.2) is 0 Å². The molecular formula is C12H21N3. The highest BCUT2D eigenvalue weighted by Gasteiger charge is 2.34. The van der Waals surface area contributed by atoms with E-state index < -0.39 is 0 Å². The van der Waals surface area contributed by atoms with Crippen LogP contribution in [0, 0.1) is 6.92 Å². The second kappa shape index (κ2) is 3.97. The lowest BCUT2D eigenvalue weighted by Crippen LogP contribution is -2.49. The first kappa shape index (κ1) is 10.7. The van der Waals surface area contributed by atoms with Crippen LogP contribution >= 0.6 is 0 Å². The van der Waals surface area contributed by atoms with Gasteiger partial charge in [-0.05, 0) is 32.6 Å². The zero-order valence-corrected chi connectivity index (χ0v) is 10.0. The van der Waals surface area contributed by atoms with Gasteiger partial charge in [-0.2, -0.15) is 5.10 Å². The smallest absolute Gasteiger partial charge is 0.0638 e. The summed E-state index contributed by atoms with van der Waals surface area (Å²) < 4.78 is 1.89. The molecule has 1 aliphatic carbocycles. The maximum absolute atomic E-state index is 4.36. The lowest BCUT2D eigenvalue weighted by atomic mass is 9.75. The molecule has 2 rings (SSSR count). The molecule has 1 N–H and O–H groups in total. The molecule has 0 unspecified atom stereocenters. The summed E-state index contributed by atoms with van der Waals surface area (Å²) in [4.78, 5) is 0. The Kier molecular flexibility index (Phi) is 2.83. The van der Waals surface area contributed by atoms with Crippen LogP contribution in [0.15, 0.2) is 6.20 Å². The van der Waals surface area contributed by atoms with Crippen molar-refractivity contribution in [3.05, 3.63) is 17.5 Å². The average molecular weight is 207 g/mol. The van der Waals surface area contributed by atoms with E-state index in [0.29, 0.717) is 5.54 Å². The second-order valence-corrected chi connectivity index (χ2v) is 4.75. The van der Waals surface area contributed by atoms with Crippen LogP contribution in [0.25, 0.3) is 0 Å². The molecule has 0 aliphatic heterocycles. The number of aryl methyl sites for hydroxylation is 2. The fourth-order valence-electron chi connectivity index (χ4n) is 2.36. The Morgan fingerprint density at radius 2 is 2.27 bits per heavy atom. The van der Waals surface area contributed by atoms with Crippen LogP contribution in [0.4, 0.5) is 0 Å². The number of nitrogens with one attached hydrogen (secondary N) is 1. The Labute approximate surface area is 91.9 Å². The molecule has 15 heavy (non-hydrogen) atoms. The molecule has 0 spiro atoms. The van der Waals surface area contributed by atoms with Gasteiger partial charge in [-0.3, -0.25) is 4.68 Å². The molecule has 1 aromatic rings. The quantitative estimate of drug-likeness (QED) is 0.820. The van der Waals surface area contributed by atoms with Crippen molar-refractivity contribution in [1.29, 1.82) is 0 Å². The van der Waals surface area contributed by atoms with Crippen molar-refractivity contribution in [2.24, 2.45) is 7.05 Å². The van der Waals surface area contributed by atoms with Crippen LogP contribution in [-0.4, -0.2) is 15.3 Å². The fraction of sp³-hybridized carbons (Fsp3) is 0.750. The van der Waals surface area contributed by atoms with Gasteiger partial charge >= 0.3 is 0 Å². The monoisotopic (exact) mass is 207 g/mol. The summed E-state index contributed by atoms with van der Waals surface area (Å²) in [6.07, 6.45) is 7.41. The Morgan fingerprint density at radius 1 is 1.53 bits per heavy atom. The van der Waals surface area contributed by atoms with E-state index in [-0.39, 0.29) is 0 Å². The minimum atomic E-state index is 0.433. The molecule has 1 aliphatic rings. The molecule has 1 heterocycles. The van der Waals surface area contributed by atoms with Crippen molar-refractivity contribution in [2.45, 2.75) is 51.6 Å². The predicted molar refractivity (Wildman–Crippen MR) is 61.7 cm³/mol. The topological polar surface area (TPSA) is 29.9 Å². The van der Waals surface area contributed by atoms with E-state index in [1.165, 1.54) is 31.2 Å². The Balaban J connectivity index is 1.95. The van der Waals surface area contributed by atoms with Gasteiger partial charge in [0, 0.05) is 30.9 Å². The van der Waals surface area contributed by atoms with Gasteiger partial charge in [0.1, 0.15) is 0 Å². The fourth-order valence-corrected chi connectivity index (χ4v) is 2.36. The maximum Gasteiger partial charge on any atom is 0.0638 e. The molecule has 0 bridgehead atoms. The van der Waals surface area contributed by atoms with E-state index in [0.717, 1.165) is 12.2 Å². The standard InChI is InChI=1S/C12H21N3/c1-4-12(6-5-7-12)13-8-11-9-15(3)14-10(11)2/h9,13H,4-8H2,1-3H3. The van der Waals surface area contributed by atoms with Crippen LogP contribution in [0.3, 0.4) is 0 Å². The summed E-state index contributed by atoms with van der Waals surface area (Å²) in [5, 5.41) is 8.06. The van der Waals surface area contributed by atoms with Gasteiger partial charge in [0.2, 0.25) is 0 Å². The van der Waals surface area contributed by atoms with Crippen molar-refractivity contribution in [3.63, 3.8) is 0 Å². The molecule has 1 saturated carbocycles. The third-order valence-electron chi connectivity index (χ3n) is 3.76. The van der Waals surface area contributed by atoms with Crippen molar-refractivity contribution < 1.29 is 0 Å². The third kappa shape index (κ3) is 2.07. The first-order valence-electron chi connectivity index (χ1n) is 5.89. The van der Waals surface area contributed by atoms with Gasteiger partial charge in [-0.15, -0.1) is 0 Å². The summed E-state index contributed by atoms with van der Waals surface area (Å²) >= 11 is 0. The van der Waals surface area contributed by atoms with Crippen LogP contribution in [0.5, 0.6) is 0 Å². The minimum absolute atomic E-state index is 0.433. The number of aromatic nitrogens is 2. The van der Waals surface area contributed by atoms with E-state index in [1.54, 1.807) is 0 Å². The van der Waals surface area contributed by atoms with Crippen molar-refractivity contribution >= 4 is 0 Å². The van der Waals surface area contributed by atoms with Gasteiger partial charge in [0.25, 0.3) is 0 Å². The Morgan fingerprint density at radius 3 is 2.67 bits per heavy atom. The SMILES string of the molecule is CCC1(NCc2cn(C)nc2C)CCC1. The summed E-state index contributed by atoms with van der Waals surface area (Å²) in [6.45, 7) is 5.33. The van der Waals surface area contributed by atoms with Gasteiger partial charge < -0.3 is 5.32 Å². The number of nitrogens with zero attached hydrogens (tertiary/aromatic N) is 2. The molecule has 1 fully saturated rings. The highest BCUT2D eigenvalue weighted by molar-refractivity contribution is 5.15. The summed E-state index contributed by atoms with van der Waals surface area (Å²) in [5.74, 6) is 0. The molecule has 1 aromatic heterocycles. The number of rotatable bonds is 4. The average Bonchev–Trinajstić information content (AvgIpc) is 2.44. The van der Waals surface area contributed by atoms with Crippen molar-refractivity contribution in [2.75, 3.05) is 0 Å². The lowest BCUT2D eigenvalue weighted by molar-refractivity contribution is 0.175. The third-order valence-corrected chi connectivity index (χ3v) is 3.76. The Bertz CT molecular complexity index is 331. The minimum Gasteiger partial charge on any atom is -0.307 e. The number of hydrogen-bond donors (Lipinski definition) is 1. The first-order chi connectivity index (χ1) is 7.15. The van der Waals surface area contributed by atoms with E-state index in [9.17, 15) is 0 Å². The van der Waals surface area contributed by atoms with Crippen LogP contribution < -0.4 is 5.32 Å². The maximum atomic E-state index is 4.36. The molecule has 84 valence electrons. The second-order valence-electron chi connectivity index (χ2n) is 4.75. The Hall–Kier alpha value is -0.830. The van der Waals surface area contributed by atoms with Crippen molar-refractivity contribution in [3.8, 4) is 0 Å². The lowest BCUT2D eigenvalue weighted by Gasteiger charge is -2.42. The molecule has 3 nitrogen and oxygen atoms in total. The van der Waals surface area contributed by atoms with E-state index in [1.807, 2.05) is 11.7 Å². The summed E-state index contributed by atoms with van der Waals surface area (Å²) in [7, 11) is 1.98. The van der Waals surface area contributed by atoms with E-state index in [4.69, 9.17) is 0 Å². The van der Waals surface area contributed by atoms with Gasteiger partial charge in [0.05, 0.1) is 5.69 Å². The van der Waals surface area contributed by atoms with E-state index >= 15 is 0 Å². The molecule has 0 atom stereocenters. The summed E-state index contributed by atoms with van der Waals surface area (Å²) in [6, 6.07) is 0. The van der Waals surface area contributed by atoms with Gasteiger partial charge in [0.15, 0.2) is 0 Å². The van der Waals surface area contributed by atoms with Crippen LogP contribution in [0.1, 0.15) is 43.9 Å². The van der Waals surface area contributed by atoms with Crippen molar-refractivity contribution in [1.82, 2.24) is 15.1 Å². The molecular weight excluding hydrogens is 186 g/mol. The first-order valence-corrected chi connectivity index (χ1v) is 5.89. The molecule has 3 heteroatoms. The summed E-state index contributed by atoms with van der Waals surface area (Å²) in [5.41, 5.74) is 2.91. The molecule has 0 amide bonds. The molecule has 0 saturated heterocycles. The zero-order chi connectivity index (χ0) is 10.9. The largest absolute Gasteiger partial charge is 0.307 e. The molecule has 0 aromatic carbocycles. The highest BCUT2D eigenvalue weighted by atomic mass is 15.3. The van der Waals surface area contributed by atoms with Crippen LogP contribution in [0.2, 0.25) is 0 Å². The predicted octanol–water partition coefficient (Wildman–Crippen LogP) is 2.15. The van der Waals surface area contributed by atoms with E-state index in [2.05, 4.69) is 30.5 Å². The highest BCUT2D eigenvalue weighted by Crippen LogP contribution is 2.34. The molecule has 0 radical (unpaired) electrons. The normalized spacial score (nSPS) is 18.9. The van der Waals surface area contributed by atoms with Gasteiger partial charge in [-0.1, -0.05) is 6.92 Å². The number of hydrogen-bond acceptors (Lipinski definition) is 2. The zero-order valence-electron chi connectivity index (χ0n) is 10.0. The van der Waals surface area contributed by atoms with Crippen LogP contribution in [-0.2, 0) is 13.6 Å².